The second-order valence-electron chi connectivity index (χ2n) is 9.13. The summed E-state index contributed by atoms with van der Waals surface area (Å²) in [7, 11) is 0. The highest BCUT2D eigenvalue weighted by atomic mass is 79.9. The zero-order valence-corrected chi connectivity index (χ0v) is 22.7. The number of aromatic nitrogens is 4. The van der Waals surface area contributed by atoms with Gasteiger partial charge in [-0.15, -0.1) is 0 Å². The zero-order valence-electron chi connectivity index (χ0n) is 21.1. The minimum Gasteiger partial charge on any atom is -0.488 e. The Hall–Kier alpha value is -2.76. The molecule has 0 amide bonds. The number of fused-ring (bicyclic) bond motifs is 1. The molecule has 11 heteroatoms. The van der Waals surface area contributed by atoms with Gasteiger partial charge in [0.1, 0.15) is 18.5 Å². The summed E-state index contributed by atoms with van der Waals surface area (Å²) in [5.74, 6) is 2.79. The standard InChI is InChI=1S/C26H33BrN6O4/c1-2-34-11-12-36-21-16-29-26(30-17-21)31-19-3-5-20(6-4-19)37-25-22-13-18(27)15-28-23(22)14-24(32-25)33-7-9-35-10-8-33/h13-17,19-20H,2-12H2,1H3,(H,29,30,31). The molecule has 2 aliphatic rings. The number of nitrogens with zero attached hydrogens (tertiary/aromatic N) is 5. The van der Waals surface area contributed by atoms with Crippen LogP contribution in [0.1, 0.15) is 32.6 Å². The molecule has 0 unspecified atom stereocenters. The van der Waals surface area contributed by atoms with Crippen LogP contribution in [0.25, 0.3) is 10.9 Å². The molecule has 37 heavy (non-hydrogen) atoms. The Labute approximate surface area is 225 Å². The first-order chi connectivity index (χ1) is 18.2. The molecule has 1 aliphatic carbocycles. The minimum atomic E-state index is 0.0923. The van der Waals surface area contributed by atoms with Crippen LogP contribution in [-0.2, 0) is 9.47 Å². The van der Waals surface area contributed by atoms with Crippen molar-refractivity contribution in [3.63, 3.8) is 0 Å². The molecule has 0 atom stereocenters. The maximum atomic E-state index is 6.51. The van der Waals surface area contributed by atoms with Gasteiger partial charge in [0.15, 0.2) is 5.75 Å². The molecule has 1 saturated heterocycles. The number of halogens is 1. The molecular weight excluding hydrogens is 540 g/mol. The van der Waals surface area contributed by atoms with Crippen LogP contribution in [0.15, 0.2) is 35.2 Å². The van der Waals surface area contributed by atoms with Gasteiger partial charge in [-0.2, -0.15) is 4.98 Å². The van der Waals surface area contributed by atoms with E-state index in [-0.39, 0.29) is 6.10 Å². The topological polar surface area (TPSA) is 104 Å². The lowest BCUT2D eigenvalue weighted by Gasteiger charge is -2.31. The van der Waals surface area contributed by atoms with Crippen molar-refractivity contribution >= 4 is 38.6 Å². The van der Waals surface area contributed by atoms with Crippen molar-refractivity contribution in [2.45, 2.75) is 44.8 Å². The summed E-state index contributed by atoms with van der Waals surface area (Å²) in [6.07, 6.45) is 9.06. The molecular formula is C26H33BrN6O4. The van der Waals surface area contributed by atoms with Gasteiger partial charge in [0.25, 0.3) is 0 Å². The highest BCUT2D eigenvalue weighted by molar-refractivity contribution is 9.10. The third-order valence-electron chi connectivity index (χ3n) is 6.55. The van der Waals surface area contributed by atoms with Crippen molar-refractivity contribution in [1.29, 1.82) is 0 Å². The normalized spacial score (nSPS) is 20.1. The van der Waals surface area contributed by atoms with E-state index < -0.39 is 0 Å². The van der Waals surface area contributed by atoms with Gasteiger partial charge in [0.05, 0.1) is 43.1 Å². The summed E-state index contributed by atoms with van der Waals surface area (Å²) < 4.78 is 23.8. The average molecular weight is 573 g/mol. The van der Waals surface area contributed by atoms with Crippen LogP contribution < -0.4 is 19.7 Å². The number of ether oxygens (including phenoxy) is 4. The first kappa shape index (κ1) is 25.9. The number of anilines is 2. The lowest BCUT2D eigenvalue weighted by molar-refractivity contribution is 0.110. The van der Waals surface area contributed by atoms with Crippen LogP contribution >= 0.6 is 15.9 Å². The fraction of sp³-hybridized carbons (Fsp3) is 0.538. The highest BCUT2D eigenvalue weighted by Crippen LogP contribution is 2.32. The van der Waals surface area contributed by atoms with Gasteiger partial charge < -0.3 is 29.2 Å². The highest BCUT2D eigenvalue weighted by Gasteiger charge is 2.25. The van der Waals surface area contributed by atoms with Crippen LogP contribution in [0, 0.1) is 0 Å². The van der Waals surface area contributed by atoms with Crippen LogP contribution in [0.3, 0.4) is 0 Å². The molecule has 1 N–H and O–H groups in total. The fourth-order valence-corrected chi connectivity index (χ4v) is 4.92. The Morgan fingerprint density at radius 2 is 1.81 bits per heavy atom. The van der Waals surface area contributed by atoms with Crippen LogP contribution in [-0.4, -0.2) is 78.2 Å². The quantitative estimate of drug-likeness (QED) is 0.355. The third kappa shape index (κ3) is 6.97. The largest absolute Gasteiger partial charge is 0.488 e. The predicted octanol–water partition coefficient (Wildman–Crippen LogP) is 4.24. The number of nitrogens with one attached hydrogen (secondary N) is 1. The number of hydrogen-bond donors (Lipinski definition) is 1. The second-order valence-corrected chi connectivity index (χ2v) is 10.0. The van der Waals surface area contributed by atoms with Crippen molar-refractivity contribution in [3.8, 4) is 11.6 Å². The summed E-state index contributed by atoms with van der Waals surface area (Å²) in [5.41, 5.74) is 0.882. The summed E-state index contributed by atoms with van der Waals surface area (Å²) in [5, 5.41) is 4.37. The molecule has 4 heterocycles. The van der Waals surface area contributed by atoms with Gasteiger partial charge in [-0.3, -0.25) is 4.98 Å². The van der Waals surface area contributed by atoms with Crippen LogP contribution in [0.4, 0.5) is 11.8 Å². The molecule has 0 bridgehead atoms. The van der Waals surface area contributed by atoms with Gasteiger partial charge in [-0.25, -0.2) is 9.97 Å². The SMILES string of the molecule is CCOCCOc1cnc(NC2CCC(Oc3nc(N4CCOCC4)cc4ncc(Br)cc34)CC2)nc1. The Morgan fingerprint density at radius 1 is 1.03 bits per heavy atom. The lowest BCUT2D eigenvalue weighted by atomic mass is 9.93. The van der Waals surface area contributed by atoms with E-state index in [0.717, 1.165) is 60.0 Å². The summed E-state index contributed by atoms with van der Waals surface area (Å²) in [6, 6.07) is 4.36. The van der Waals surface area contributed by atoms with Gasteiger partial charge in [0, 0.05) is 42.5 Å². The molecule has 5 rings (SSSR count). The summed E-state index contributed by atoms with van der Waals surface area (Å²) >= 11 is 3.54. The van der Waals surface area contributed by atoms with E-state index in [1.54, 1.807) is 12.4 Å². The van der Waals surface area contributed by atoms with Gasteiger partial charge in [-0.1, -0.05) is 0 Å². The van der Waals surface area contributed by atoms with E-state index >= 15 is 0 Å². The smallest absolute Gasteiger partial charge is 0.225 e. The predicted molar refractivity (Wildman–Crippen MR) is 145 cm³/mol. The Kier molecular flexibility index (Phi) is 8.85. The third-order valence-corrected chi connectivity index (χ3v) is 6.98. The molecule has 3 aromatic rings. The maximum absolute atomic E-state index is 6.51. The minimum absolute atomic E-state index is 0.0923. The molecule has 2 fully saturated rings. The van der Waals surface area contributed by atoms with E-state index in [1.807, 2.05) is 25.3 Å². The molecule has 0 aromatic carbocycles. The number of morpholine rings is 1. The second kappa shape index (κ2) is 12.7. The van der Waals surface area contributed by atoms with Crippen molar-refractivity contribution in [2.24, 2.45) is 0 Å². The molecule has 198 valence electrons. The first-order valence-electron chi connectivity index (χ1n) is 12.9. The molecule has 0 radical (unpaired) electrons. The van der Waals surface area contributed by atoms with Crippen molar-refractivity contribution < 1.29 is 18.9 Å². The Balaban J connectivity index is 1.18. The van der Waals surface area contributed by atoms with Crippen molar-refractivity contribution in [1.82, 2.24) is 19.9 Å². The lowest BCUT2D eigenvalue weighted by Crippen LogP contribution is -2.37. The van der Waals surface area contributed by atoms with E-state index in [1.165, 1.54) is 0 Å². The molecule has 1 aliphatic heterocycles. The van der Waals surface area contributed by atoms with Crippen LogP contribution in [0.5, 0.6) is 11.6 Å². The average Bonchev–Trinajstić information content (AvgIpc) is 2.94. The van der Waals surface area contributed by atoms with Crippen molar-refractivity contribution in [3.05, 3.63) is 35.2 Å². The van der Waals surface area contributed by atoms with Gasteiger partial charge in [-0.05, 0) is 54.6 Å². The Bertz CT molecular complexity index is 1150. The van der Waals surface area contributed by atoms with E-state index in [0.29, 0.717) is 56.7 Å². The molecule has 1 saturated carbocycles. The number of pyridine rings is 2. The monoisotopic (exact) mass is 572 g/mol. The van der Waals surface area contributed by atoms with E-state index in [2.05, 4.69) is 41.1 Å². The summed E-state index contributed by atoms with van der Waals surface area (Å²) in [6.45, 7) is 6.71. The fourth-order valence-electron chi connectivity index (χ4n) is 4.59. The zero-order chi connectivity index (χ0) is 25.5. The molecule has 0 spiro atoms. The van der Waals surface area contributed by atoms with Crippen LogP contribution in [0.2, 0.25) is 0 Å². The van der Waals surface area contributed by atoms with E-state index in [9.17, 15) is 0 Å². The van der Waals surface area contributed by atoms with Crippen molar-refractivity contribution in [2.75, 3.05) is 56.3 Å². The first-order valence-corrected chi connectivity index (χ1v) is 13.7. The number of rotatable bonds is 10. The Morgan fingerprint density at radius 3 is 2.57 bits per heavy atom. The van der Waals surface area contributed by atoms with E-state index in [4.69, 9.17) is 23.9 Å². The van der Waals surface area contributed by atoms with Gasteiger partial charge >= 0.3 is 0 Å². The number of hydrogen-bond acceptors (Lipinski definition) is 10. The molecule has 10 nitrogen and oxygen atoms in total. The summed E-state index contributed by atoms with van der Waals surface area (Å²) in [4.78, 5) is 20.6. The maximum Gasteiger partial charge on any atom is 0.225 e. The molecule has 3 aromatic heterocycles. The van der Waals surface area contributed by atoms with Gasteiger partial charge in [0.2, 0.25) is 11.8 Å².